The molecule has 1 amide bonds. The Bertz CT molecular complexity index is 654. The first-order valence-corrected chi connectivity index (χ1v) is 8.44. The van der Waals surface area contributed by atoms with Crippen molar-refractivity contribution in [3.8, 4) is 0 Å². The molecule has 0 saturated heterocycles. The van der Waals surface area contributed by atoms with Crippen molar-refractivity contribution in [3.05, 3.63) is 71.3 Å². The number of benzene rings is 2. The van der Waals surface area contributed by atoms with Gasteiger partial charge in [-0.3, -0.25) is 4.79 Å². The van der Waals surface area contributed by atoms with Crippen molar-refractivity contribution in [2.24, 2.45) is 0 Å². The second kappa shape index (κ2) is 7.42. The molecule has 3 rings (SSSR count). The van der Waals surface area contributed by atoms with Crippen LogP contribution in [0.25, 0.3) is 0 Å². The van der Waals surface area contributed by atoms with E-state index in [-0.39, 0.29) is 5.91 Å². The maximum atomic E-state index is 12.2. The maximum absolute atomic E-state index is 12.2. The molecule has 1 heterocycles. The third kappa shape index (κ3) is 4.20. The number of amides is 1. The first-order valence-electron chi connectivity index (χ1n) is 8.44. The zero-order valence-corrected chi connectivity index (χ0v) is 13.7. The predicted octanol–water partition coefficient (Wildman–Crippen LogP) is 1.55. The molecular weight excluding hydrogens is 284 g/mol. The lowest BCUT2D eigenvalue weighted by molar-refractivity contribution is -0.908. The van der Waals surface area contributed by atoms with Gasteiger partial charge in [-0.05, 0) is 17.0 Å². The minimum absolute atomic E-state index is 0.155. The Morgan fingerprint density at radius 2 is 1.78 bits per heavy atom. The van der Waals surface area contributed by atoms with E-state index < -0.39 is 0 Å². The van der Waals surface area contributed by atoms with Crippen LogP contribution in [0.2, 0.25) is 0 Å². The average Bonchev–Trinajstić information content (AvgIpc) is 2.60. The highest BCUT2D eigenvalue weighted by atomic mass is 16.2. The highest BCUT2D eigenvalue weighted by molar-refractivity contribution is 5.76. The van der Waals surface area contributed by atoms with Gasteiger partial charge in [0.15, 0.2) is 6.54 Å². The Morgan fingerprint density at radius 1 is 1.09 bits per heavy atom. The molecule has 3 nitrogen and oxygen atoms in total. The summed E-state index contributed by atoms with van der Waals surface area (Å²) in [6, 6.07) is 18.9. The smallest absolute Gasteiger partial charge is 0.275 e. The SMILES string of the molecule is C[C@H](CNC(=O)C[NH+]1CCc2ccccc2C1)c1ccccc1. The lowest BCUT2D eigenvalue weighted by Gasteiger charge is -2.25. The quantitative estimate of drug-likeness (QED) is 0.863. The molecule has 3 heteroatoms. The zero-order valence-electron chi connectivity index (χ0n) is 13.7. The van der Waals surface area contributed by atoms with E-state index in [1.165, 1.54) is 21.6 Å². The standard InChI is InChI=1S/C20H24N2O/c1-16(17-7-3-2-4-8-17)13-21-20(23)15-22-12-11-18-9-5-6-10-19(18)14-22/h2-10,16H,11-15H2,1H3,(H,21,23)/p+1/t16-/m1/s1. The molecule has 0 spiro atoms. The molecule has 2 aromatic rings. The van der Waals surface area contributed by atoms with Crippen LogP contribution in [0.4, 0.5) is 0 Å². The van der Waals surface area contributed by atoms with Gasteiger partial charge >= 0.3 is 0 Å². The fourth-order valence-corrected chi connectivity index (χ4v) is 3.25. The monoisotopic (exact) mass is 309 g/mol. The molecule has 2 aromatic carbocycles. The van der Waals surface area contributed by atoms with E-state index in [0.29, 0.717) is 19.0 Å². The van der Waals surface area contributed by atoms with Crippen molar-refractivity contribution < 1.29 is 9.69 Å². The van der Waals surface area contributed by atoms with Crippen LogP contribution in [0.1, 0.15) is 29.5 Å². The number of carbonyl (C=O) groups excluding carboxylic acids is 1. The fourth-order valence-electron chi connectivity index (χ4n) is 3.25. The number of carbonyl (C=O) groups is 1. The van der Waals surface area contributed by atoms with E-state index >= 15 is 0 Å². The largest absolute Gasteiger partial charge is 0.351 e. The van der Waals surface area contributed by atoms with Crippen molar-refractivity contribution in [3.63, 3.8) is 0 Å². The third-order valence-corrected chi connectivity index (χ3v) is 4.69. The summed E-state index contributed by atoms with van der Waals surface area (Å²) in [7, 11) is 0. The van der Waals surface area contributed by atoms with Crippen LogP contribution < -0.4 is 10.2 Å². The van der Waals surface area contributed by atoms with E-state index in [0.717, 1.165) is 19.5 Å². The molecule has 0 radical (unpaired) electrons. The topological polar surface area (TPSA) is 33.5 Å². The van der Waals surface area contributed by atoms with Gasteiger partial charge in [0, 0.05) is 18.5 Å². The van der Waals surface area contributed by atoms with Crippen molar-refractivity contribution in [2.75, 3.05) is 19.6 Å². The van der Waals surface area contributed by atoms with Crippen LogP contribution in [0.5, 0.6) is 0 Å². The minimum Gasteiger partial charge on any atom is -0.351 e. The second-order valence-electron chi connectivity index (χ2n) is 6.49. The molecule has 0 aliphatic carbocycles. The molecular formula is C20H25N2O+. The molecule has 0 fully saturated rings. The molecule has 1 aliphatic rings. The maximum Gasteiger partial charge on any atom is 0.275 e. The Hall–Kier alpha value is -2.13. The molecule has 0 bridgehead atoms. The molecule has 1 aliphatic heterocycles. The molecule has 120 valence electrons. The van der Waals surface area contributed by atoms with Gasteiger partial charge in [-0.15, -0.1) is 0 Å². The highest BCUT2D eigenvalue weighted by Gasteiger charge is 2.21. The van der Waals surface area contributed by atoms with Gasteiger partial charge in [-0.2, -0.15) is 0 Å². The van der Waals surface area contributed by atoms with Crippen molar-refractivity contribution in [2.45, 2.75) is 25.8 Å². The van der Waals surface area contributed by atoms with Gasteiger partial charge in [-0.25, -0.2) is 0 Å². The summed E-state index contributed by atoms with van der Waals surface area (Å²) in [5, 5.41) is 3.09. The summed E-state index contributed by atoms with van der Waals surface area (Å²) in [5.74, 6) is 0.499. The highest BCUT2D eigenvalue weighted by Crippen LogP contribution is 2.13. The van der Waals surface area contributed by atoms with Crippen LogP contribution in [0, 0.1) is 0 Å². The van der Waals surface area contributed by atoms with Crippen LogP contribution in [0.3, 0.4) is 0 Å². The zero-order chi connectivity index (χ0) is 16.1. The van der Waals surface area contributed by atoms with Crippen molar-refractivity contribution >= 4 is 5.91 Å². The summed E-state index contributed by atoms with van der Waals surface area (Å²) in [6.07, 6.45) is 1.07. The number of quaternary nitrogens is 1. The van der Waals surface area contributed by atoms with Gasteiger partial charge in [0.25, 0.3) is 5.91 Å². The summed E-state index contributed by atoms with van der Waals surface area (Å²) in [5.41, 5.74) is 4.10. The van der Waals surface area contributed by atoms with Crippen LogP contribution in [-0.2, 0) is 17.8 Å². The van der Waals surface area contributed by atoms with Gasteiger partial charge < -0.3 is 10.2 Å². The fraction of sp³-hybridized carbons (Fsp3) is 0.350. The van der Waals surface area contributed by atoms with E-state index in [1.54, 1.807) is 0 Å². The lowest BCUT2D eigenvalue weighted by Crippen LogP contribution is -3.12. The van der Waals surface area contributed by atoms with Gasteiger partial charge in [0.05, 0.1) is 6.54 Å². The number of hydrogen-bond acceptors (Lipinski definition) is 1. The van der Waals surface area contributed by atoms with Gasteiger partial charge in [0.1, 0.15) is 6.54 Å². The molecule has 23 heavy (non-hydrogen) atoms. The second-order valence-corrected chi connectivity index (χ2v) is 6.49. The Labute approximate surface area is 138 Å². The van der Waals surface area contributed by atoms with Gasteiger partial charge in [-0.1, -0.05) is 61.5 Å². The Morgan fingerprint density at radius 3 is 2.57 bits per heavy atom. The molecule has 0 saturated carbocycles. The molecule has 1 unspecified atom stereocenters. The summed E-state index contributed by atoms with van der Waals surface area (Å²) >= 11 is 0. The minimum atomic E-state index is 0.155. The average molecular weight is 309 g/mol. The van der Waals surface area contributed by atoms with Crippen LogP contribution in [0.15, 0.2) is 54.6 Å². The van der Waals surface area contributed by atoms with E-state index in [4.69, 9.17) is 0 Å². The number of hydrogen-bond donors (Lipinski definition) is 2. The summed E-state index contributed by atoms with van der Waals surface area (Å²) in [4.78, 5) is 13.6. The van der Waals surface area contributed by atoms with Crippen LogP contribution >= 0.6 is 0 Å². The Balaban J connectivity index is 1.47. The van der Waals surface area contributed by atoms with Crippen molar-refractivity contribution in [1.82, 2.24) is 5.32 Å². The molecule has 2 N–H and O–H groups in total. The van der Waals surface area contributed by atoms with Crippen molar-refractivity contribution in [1.29, 1.82) is 0 Å². The first-order chi connectivity index (χ1) is 11.2. The van der Waals surface area contributed by atoms with Gasteiger partial charge in [0.2, 0.25) is 0 Å². The lowest BCUT2D eigenvalue weighted by atomic mass is 10.00. The number of rotatable bonds is 5. The molecule has 0 aromatic heterocycles. The van der Waals surface area contributed by atoms with E-state index in [2.05, 4.69) is 48.6 Å². The number of fused-ring (bicyclic) bond motifs is 1. The normalized spacial score (nSPS) is 18.0. The summed E-state index contributed by atoms with van der Waals surface area (Å²) < 4.78 is 0. The number of nitrogens with one attached hydrogen (secondary N) is 2. The first kappa shape index (κ1) is 15.8. The Kier molecular flexibility index (Phi) is 5.09. The summed E-state index contributed by atoms with van der Waals surface area (Å²) in [6.45, 7) is 5.42. The van der Waals surface area contributed by atoms with E-state index in [1.807, 2.05) is 18.2 Å². The molecule has 2 atom stereocenters. The predicted molar refractivity (Wildman–Crippen MR) is 92.4 cm³/mol. The van der Waals surface area contributed by atoms with E-state index in [9.17, 15) is 4.79 Å². The van der Waals surface area contributed by atoms with Crippen LogP contribution in [-0.4, -0.2) is 25.5 Å². The third-order valence-electron chi connectivity index (χ3n) is 4.69.